The van der Waals surface area contributed by atoms with Gasteiger partial charge in [-0.15, -0.1) is 0 Å². The summed E-state index contributed by atoms with van der Waals surface area (Å²) in [5.74, 6) is 0. The predicted molar refractivity (Wildman–Crippen MR) is 210 cm³/mol. The van der Waals surface area contributed by atoms with E-state index in [1.165, 1.54) is 86.9 Å². The molecule has 10 aromatic carbocycles. The molecule has 1 aromatic heterocycles. The Hall–Kier alpha value is -6.44. The summed E-state index contributed by atoms with van der Waals surface area (Å²) in [6.07, 6.45) is 0. The van der Waals surface area contributed by atoms with Gasteiger partial charge >= 0.3 is 0 Å². The molecule has 0 N–H and O–H groups in total. The topological polar surface area (TPSA) is 13.1 Å². The molecule has 226 valence electrons. The minimum Gasteiger partial charge on any atom is -0.456 e. The third-order valence-corrected chi connectivity index (χ3v) is 10.6. The Morgan fingerprint density at radius 1 is 0.245 bits per heavy atom. The van der Waals surface area contributed by atoms with Gasteiger partial charge in [0.05, 0.1) is 0 Å². The van der Waals surface area contributed by atoms with E-state index < -0.39 is 0 Å². The fourth-order valence-electron chi connectivity index (χ4n) is 8.30. The van der Waals surface area contributed by atoms with Gasteiger partial charge in [-0.2, -0.15) is 0 Å². The van der Waals surface area contributed by atoms with Crippen LogP contribution < -0.4 is 0 Å². The third-order valence-electron chi connectivity index (χ3n) is 10.6. The van der Waals surface area contributed by atoms with Crippen molar-refractivity contribution < 1.29 is 4.42 Å². The maximum absolute atomic E-state index is 6.34. The van der Waals surface area contributed by atoms with Gasteiger partial charge in [-0.1, -0.05) is 133 Å². The molecule has 0 saturated heterocycles. The van der Waals surface area contributed by atoms with Gasteiger partial charge in [0, 0.05) is 10.8 Å². The van der Waals surface area contributed by atoms with Gasteiger partial charge in [0.25, 0.3) is 0 Å². The largest absolute Gasteiger partial charge is 0.456 e. The number of fused-ring (bicyclic) bond motifs is 15. The summed E-state index contributed by atoms with van der Waals surface area (Å²) >= 11 is 0. The van der Waals surface area contributed by atoms with Crippen LogP contribution in [0.2, 0.25) is 0 Å². The van der Waals surface area contributed by atoms with Crippen LogP contribution in [0.3, 0.4) is 0 Å². The van der Waals surface area contributed by atoms with Crippen LogP contribution >= 0.6 is 0 Å². The molecule has 0 unspecified atom stereocenters. The molecular formula is C48H28O. The van der Waals surface area contributed by atoms with E-state index in [1.54, 1.807) is 0 Å². The SMILES string of the molecule is c1ccc(-c2ccc3c(c2)c2ccccc2c2c4ccc(-c5ccc6oc7cc8ccccc8cc7c6c5)cc4c4ccccc4c32)cc1. The van der Waals surface area contributed by atoms with Gasteiger partial charge in [0.1, 0.15) is 11.2 Å². The Bertz CT molecular complexity index is 3150. The molecule has 0 amide bonds. The quantitative estimate of drug-likeness (QED) is 0.175. The van der Waals surface area contributed by atoms with Crippen molar-refractivity contribution >= 4 is 86.6 Å². The monoisotopic (exact) mass is 620 g/mol. The minimum absolute atomic E-state index is 0.917. The molecule has 0 atom stereocenters. The van der Waals surface area contributed by atoms with Crippen molar-refractivity contribution in [3.63, 3.8) is 0 Å². The Morgan fingerprint density at radius 2 is 0.694 bits per heavy atom. The highest BCUT2D eigenvalue weighted by Crippen LogP contribution is 2.45. The number of hydrogen-bond donors (Lipinski definition) is 0. The molecule has 49 heavy (non-hydrogen) atoms. The second-order valence-corrected chi connectivity index (χ2v) is 13.2. The Balaban J connectivity index is 1.20. The molecule has 0 aliphatic heterocycles. The molecule has 0 saturated carbocycles. The van der Waals surface area contributed by atoms with Crippen LogP contribution in [0.4, 0.5) is 0 Å². The van der Waals surface area contributed by atoms with E-state index in [2.05, 4.69) is 170 Å². The first-order valence-corrected chi connectivity index (χ1v) is 16.9. The van der Waals surface area contributed by atoms with Crippen molar-refractivity contribution in [2.24, 2.45) is 0 Å². The molecule has 0 bridgehead atoms. The standard InChI is InChI=1S/C48H28O/c1-2-10-29(11-3-1)32-18-21-39-41(24-32)35-14-6-8-16-37(35)48-40-22-19-33(25-42(40)36-15-7-9-17-38(36)47(39)48)34-20-23-45-43(27-34)44-26-30-12-4-5-13-31(30)28-46(44)49-45/h1-28H. The summed E-state index contributed by atoms with van der Waals surface area (Å²) in [5, 5.41) is 17.6. The van der Waals surface area contributed by atoms with Crippen molar-refractivity contribution in [1.29, 1.82) is 0 Å². The molecule has 0 aliphatic carbocycles. The fourth-order valence-corrected chi connectivity index (χ4v) is 8.30. The first kappa shape index (κ1) is 26.6. The van der Waals surface area contributed by atoms with Crippen LogP contribution in [-0.4, -0.2) is 0 Å². The molecule has 0 fully saturated rings. The second-order valence-electron chi connectivity index (χ2n) is 13.2. The summed E-state index contributed by atoms with van der Waals surface area (Å²) in [6, 6.07) is 62.2. The fraction of sp³-hybridized carbons (Fsp3) is 0. The highest BCUT2D eigenvalue weighted by molar-refractivity contribution is 6.39. The van der Waals surface area contributed by atoms with Crippen LogP contribution in [0.15, 0.2) is 174 Å². The first-order chi connectivity index (χ1) is 24.3. The minimum atomic E-state index is 0.917. The van der Waals surface area contributed by atoms with Gasteiger partial charge in [0.2, 0.25) is 0 Å². The van der Waals surface area contributed by atoms with Crippen LogP contribution in [0.25, 0.3) is 109 Å². The lowest BCUT2D eigenvalue weighted by atomic mass is 9.85. The lowest BCUT2D eigenvalue weighted by molar-refractivity contribution is 0.669. The summed E-state index contributed by atoms with van der Waals surface area (Å²) in [4.78, 5) is 0. The van der Waals surface area contributed by atoms with E-state index in [1.807, 2.05) is 0 Å². The van der Waals surface area contributed by atoms with E-state index in [4.69, 9.17) is 4.42 Å². The smallest absolute Gasteiger partial charge is 0.136 e. The number of rotatable bonds is 2. The van der Waals surface area contributed by atoms with Gasteiger partial charge in [-0.25, -0.2) is 0 Å². The zero-order valence-electron chi connectivity index (χ0n) is 26.6. The van der Waals surface area contributed by atoms with E-state index in [0.29, 0.717) is 0 Å². The molecule has 1 nitrogen and oxygen atoms in total. The summed E-state index contributed by atoms with van der Waals surface area (Å²) in [7, 11) is 0. The van der Waals surface area contributed by atoms with Gasteiger partial charge in [0.15, 0.2) is 0 Å². The van der Waals surface area contributed by atoms with E-state index in [-0.39, 0.29) is 0 Å². The maximum atomic E-state index is 6.34. The third kappa shape index (κ3) is 3.87. The van der Waals surface area contributed by atoms with Crippen molar-refractivity contribution in [3.8, 4) is 22.3 Å². The van der Waals surface area contributed by atoms with Crippen LogP contribution in [0.5, 0.6) is 0 Å². The van der Waals surface area contributed by atoms with Crippen LogP contribution in [0.1, 0.15) is 0 Å². The molecule has 0 spiro atoms. The predicted octanol–water partition coefficient (Wildman–Crippen LogP) is 13.8. The van der Waals surface area contributed by atoms with E-state index >= 15 is 0 Å². The average Bonchev–Trinajstić information content (AvgIpc) is 3.53. The van der Waals surface area contributed by atoms with Crippen LogP contribution in [-0.2, 0) is 0 Å². The Morgan fingerprint density at radius 3 is 1.33 bits per heavy atom. The van der Waals surface area contributed by atoms with Crippen molar-refractivity contribution in [2.45, 2.75) is 0 Å². The molecule has 0 aliphatic rings. The normalized spacial score (nSPS) is 12.1. The molecule has 1 heterocycles. The number of furan rings is 1. The lowest BCUT2D eigenvalue weighted by Crippen LogP contribution is -1.90. The molecule has 11 aromatic rings. The summed E-state index contributed by atoms with van der Waals surface area (Å²) < 4.78 is 6.34. The molecule has 11 rings (SSSR count). The maximum Gasteiger partial charge on any atom is 0.136 e. The van der Waals surface area contributed by atoms with Gasteiger partial charge in [-0.3, -0.25) is 0 Å². The molecular weight excluding hydrogens is 593 g/mol. The first-order valence-electron chi connectivity index (χ1n) is 16.9. The van der Waals surface area contributed by atoms with Crippen molar-refractivity contribution in [1.82, 2.24) is 0 Å². The molecule has 0 radical (unpaired) electrons. The number of hydrogen-bond acceptors (Lipinski definition) is 1. The summed E-state index contributed by atoms with van der Waals surface area (Å²) in [5.41, 5.74) is 6.71. The second kappa shape index (κ2) is 10.0. The number of benzene rings is 10. The van der Waals surface area contributed by atoms with Crippen LogP contribution in [0, 0.1) is 0 Å². The van der Waals surface area contributed by atoms with E-state index in [0.717, 1.165) is 21.9 Å². The zero-order valence-corrected chi connectivity index (χ0v) is 26.6. The van der Waals surface area contributed by atoms with Gasteiger partial charge < -0.3 is 4.42 Å². The lowest BCUT2D eigenvalue weighted by Gasteiger charge is -2.17. The average molecular weight is 621 g/mol. The van der Waals surface area contributed by atoms with E-state index in [9.17, 15) is 0 Å². The highest BCUT2D eigenvalue weighted by atomic mass is 16.3. The molecule has 1 heteroatoms. The summed E-state index contributed by atoms with van der Waals surface area (Å²) in [6.45, 7) is 0. The Kier molecular flexibility index (Phi) is 5.45. The van der Waals surface area contributed by atoms with Gasteiger partial charge in [-0.05, 0) is 123 Å². The van der Waals surface area contributed by atoms with Crippen molar-refractivity contribution in [2.75, 3.05) is 0 Å². The Labute approximate surface area is 282 Å². The van der Waals surface area contributed by atoms with Crippen molar-refractivity contribution in [3.05, 3.63) is 170 Å². The zero-order chi connectivity index (χ0) is 32.1. The highest BCUT2D eigenvalue weighted by Gasteiger charge is 2.17.